The molecule has 0 spiro atoms. The summed E-state index contributed by atoms with van der Waals surface area (Å²) in [7, 11) is 0. The fourth-order valence-corrected chi connectivity index (χ4v) is 1.77. The highest BCUT2D eigenvalue weighted by atomic mass is 35.5. The molecule has 2 aromatic carbocycles. The van der Waals surface area contributed by atoms with Gasteiger partial charge in [0.05, 0.1) is 16.4 Å². The average Bonchev–Trinajstić information content (AvgIpc) is 2.32. The lowest BCUT2D eigenvalue weighted by Gasteiger charge is -2.12. The van der Waals surface area contributed by atoms with E-state index in [1.165, 1.54) is 6.07 Å². The minimum absolute atomic E-state index is 0.178. The Morgan fingerprint density at radius 2 is 1.58 bits per heavy atom. The summed E-state index contributed by atoms with van der Waals surface area (Å²) in [6.07, 6.45) is 0. The molecule has 0 aliphatic heterocycles. The quantitative estimate of drug-likeness (QED) is 0.634. The number of rotatable bonds is 2. The van der Waals surface area contributed by atoms with E-state index < -0.39 is 17.5 Å². The van der Waals surface area contributed by atoms with Crippen LogP contribution in [0.15, 0.2) is 24.3 Å². The van der Waals surface area contributed by atoms with Gasteiger partial charge >= 0.3 is 0 Å². The first-order valence-corrected chi connectivity index (χ1v) is 5.73. The van der Waals surface area contributed by atoms with Crippen LogP contribution in [0.5, 0.6) is 0 Å². The summed E-state index contributed by atoms with van der Waals surface area (Å²) in [6.45, 7) is 1.73. The minimum Gasteiger partial charge on any atom is -0.398 e. The fraction of sp³-hybridized carbons (Fsp3) is 0.0769. The van der Waals surface area contributed by atoms with Gasteiger partial charge in [-0.05, 0) is 24.6 Å². The predicted octanol–water partition coefficient (Wildman–Crippen LogP) is 4.39. The van der Waals surface area contributed by atoms with Crippen LogP contribution in [0.3, 0.4) is 0 Å². The number of hydrogen-bond donors (Lipinski definition) is 2. The van der Waals surface area contributed by atoms with E-state index in [2.05, 4.69) is 5.32 Å². The third kappa shape index (κ3) is 2.76. The van der Waals surface area contributed by atoms with Crippen molar-refractivity contribution < 1.29 is 13.2 Å². The SMILES string of the molecule is Cc1cc(N)c(Cl)cc1Nc1cc(F)c(F)cc1F. The molecule has 3 N–H and O–H groups in total. The van der Waals surface area contributed by atoms with Gasteiger partial charge < -0.3 is 11.1 Å². The van der Waals surface area contributed by atoms with Crippen molar-refractivity contribution in [2.24, 2.45) is 0 Å². The van der Waals surface area contributed by atoms with E-state index in [1.807, 2.05) is 0 Å². The van der Waals surface area contributed by atoms with E-state index >= 15 is 0 Å². The fourth-order valence-electron chi connectivity index (χ4n) is 1.60. The first kappa shape index (κ1) is 13.5. The molecule has 0 aliphatic rings. The summed E-state index contributed by atoms with van der Waals surface area (Å²) < 4.78 is 39.4. The van der Waals surface area contributed by atoms with Gasteiger partial charge in [-0.15, -0.1) is 0 Å². The highest BCUT2D eigenvalue weighted by Gasteiger charge is 2.11. The summed E-state index contributed by atoms with van der Waals surface area (Å²) in [5.74, 6) is -3.27. The van der Waals surface area contributed by atoms with E-state index in [4.69, 9.17) is 17.3 Å². The van der Waals surface area contributed by atoms with Crippen LogP contribution in [-0.4, -0.2) is 0 Å². The second-order valence-corrected chi connectivity index (χ2v) is 4.47. The maximum absolute atomic E-state index is 13.5. The first-order valence-electron chi connectivity index (χ1n) is 5.35. The third-order valence-corrected chi connectivity index (χ3v) is 2.95. The van der Waals surface area contributed by atoms with Crippen molar-refractivity contribution in [1.29, 1.82) is 0 Å². The van der Waals surface area contributed by atoms with Crippen LogP contribution >= 0.6 is 11.6 Å². The Hall–Kier alpha value is -1.88. The first-order chi connectivity index (χ1) is 8.88. The molecule has 2 rings (SSSR count). The monoisotopic (exact) mass is 286 g/mol. The van der Waals surface area contributed by atoms with Crippen LogP contribution in [0.1, 0.15) is 5.56 Å². The summed E-state index contributed by atoms with van der Waals surface area (Å²) in [6, 6.07) is 4.32. The molecule has 0 aliphatic carbocycles. The minimum atomic E-state index is -1.24. The van der Waals surface area contributed by atoms with E-state index in [0.717, 1.165) is 6.07 Å². The molecule has 0 unspecified atom stereocenters. The number of nitrogen functional groups attached to an aromatic ring is 1. The van der Waals surface area contributed by atoms with Crippen molar-refractivity contribution in [2.45, 2.75) is 6.92 Å². The Kier molecular flexibility index (Phi) is 3.57. The molecular formula is C13H10ClF3N2. The summed E-state index contributed by atoms with van der Waals surface area (Å²) in [4.78, 5) is 0. The van der Waals surface area contributed by atoms with Crippen LogP contribution < -0.4 is 11.1 Å². The van der Waals surface area contributed by atoms with Crippen molar-refractivity contribution in [3.8, 4) is 0 Å². The van der Waals surface area contributed by atoms with E-state index in [1.54, 1.807) is 13.0 Å². The van der Waals surface area contributed by atoms with Crippen LogP contribution in [-0.2, 0) is 0 Å². The molecule has 0 atom stereocenters. The lowest BCUT2D eigenvalue weighted by atomic mass is 10.1. The molecule has 0 heterocycles. The maximum atomic E-state index is 13.5. The number of halogens is 4. The summed E-state index contributed by atoms with van der Waals surface area (Å²) in [5, 5.41) is 2.94. The Balaban J connectivity index is 2.42. The smallest absolute Gasteiger partial charge is 0.161 e. The van der Waals surface area contributed by atoms with Crippen LogP contribution in [0, 0.1) is 24.4 Å². The second-order valence-electron chi connectivity index (χ2n) is 4.06. The molecule has 0 fully saturated rings. The van der Waals surface area contributed by atoms with E-state index in [9.17, 15) is 13.2 Å². The van der Waals surface area contributed by atoms with Gasteiger partial charge in [0.2, 0.25) is 0 Å². The molecule has 0 saturated heterocycles. The Bertz CT molecular complexity index is 589. The number of nitrogens with two attached hydrogens (primary N) is 1. The number of anilines is 3. The van der Waals surface area contributed by atoms with Crippen molar-refractivity contribution in [1.82, 2.24) is 0 Å². The average molecular weight is 287 g/mol. The highest BCUT2D eigenvalue weighted by molar-refractivity contribution is 6.33. The predicted molar refractivity (Wildman–Crippen MR) is 70.2 cm³/mol. The molecule has 0 aromatic heterocycles. The lowest BCUT2D eigenvalue weighted by Crippen LogP contribution is -2.00. The topological polar surface area (TPSA) is 38.0 Å². The zero-order chi connectivity index (χ0) is 14.2. The lowest BCUT2D eigenvalue weighted by molar-refractivity contribution is 0.496. The largest absolute Gasteiger partial charge is 0.398 e. The van der Waals surface area contributed by atoms with Crippen LogP contribution in [0.4, 0.5) is 30.2 Å². The molecule has 0 amide bonds. The van der Waals surface area contributed by atoms with Crippen molar-refractivity contribution >= 4 is 28.7 Å². The number of hydrogen-bond acceptors (Lipinski definition) is 2. The van der Waals surface area contributed by atoms with Gasteiger partial charge in [0.25, 0.3) is 0 Å². The van der Waals surface area contributed by atoms with Gasteiger partial charge in [-0.1, -0.05) is 11.6 Å². The molecule has 0 bridgehead atoms. The molecule has 2 nitrogen and oxygen atoms in total. The van der Waals surface area contributed by atoms with Gasteiger partial charge in [-0.3, -0.25) is 0 Å². The van der Waals surface area contributed by atoms with Crippen molar-refractivity contribution in [3.63, 3.8) is 0 Å². The van der Waals surface area contributed by atoms with Crippen LogP contribution in [0.2, 0.25) is 5.02 Å². The van der Waals surface area contributed by atoms with Crippen LogP contribution in [0.25, 0.3) is 0 Å². The Morgan fingerprint density at radius 3 is 2.26 bits per heavy atom. The van der Waals surface area contributed by atoms with Gasteiger partial charge in [-0.2, -0.15) is 0 Å². The molecule has 0 saturated carbocycles. The standard InChI is InChI=1S/C13H10ClF3N2/c1-6-2-11(18)7(14)3-12(6)19-13-5-9(16)8(15)4-10(13)17/h2-5,19H,18H2,1H3. The maximum Gasteiger partial charge on any atom is 0.161 e. The normalized spacial score (nSPS) is 10.6. The number of nitrogens with one attached hydrogen (secondary N) is 1. The molecule has 100 valence electrons. The zero-order valence-corrected chi connectivity index (χ0v) is 10.7. The summed E-state index contributed by atoms with van der Waals surface area (Å²) in [5.41, 5.74) is 6.98. The van der Waals surface area contributed by atoms with Gasteiger partial charge in [0.1, 0.15) is 5.82 Å². The summed E-state index contributed by atoms with van der Waals surface area (Å²) >= 11 is 5.86. The number of aryl methyl sites for hydroxylation is 1. The highest BCUT2D eigenvalue weighted by Crippen LogP contribution is 2.30. The van der Waals surface area contributed by atoms with Gasteiger partial charge in [-0.25, -0.2) is 13.2 Å². The molecular weight excluding hydrogens is 277 g/mol. The molecule has 0 radical (unpaired) electrons. The molecule has 6 heteroatoms. The number of benzene rings is 2. The Morgan fingerprint density at radius 1 is 0.947 bits per heavy atom. The van der Waals surface area contributed by atoms with Crippen molar-refractivity contribution in [3.05, 3.63) is 52.3 Å². The molecule has 19 heavy (non-hydrogen) atoms. The van der Waals surface area contributed by atoms with E-state index in [-0.39, 0.29) is 10.7 Å². The third-order valence-electron chi connectivity index (χ3n) is 2.62. The van der Waals surface area contributed by atoms with Crippen molar-refractivity contribution in [2.75, 3.05) is 11.1 Å². The van der Waals surface area contributed by atoms with Gasteiger partial charge in [0.15, 0.2) is 11.6 Å². The zero-order valence-electron chi connectivity index (χ0n) is 9.90. The second kappa shape index (κ2) is 5.01. The van der Waals surface area contributed by atoms with Gasteiger partial charge in [0, 0.05) is 17.8 Å². The van der Waals surface area contributed by atoms with E-state index in [0.29, 0.717) is 23.0 Å². The molecule has 2 aromatic rings. The Labute approximate surface area is 113 Å².